The Bertz CT molecular complexity index is 250. The van der Waals surface area contributed by atoms with E-state index in [4.69, 9.17) is 0 Å². The maximum atomic E-state index is 11.6. The number of carbonyl (C=O) groups is 2. The van der Waals surface area contributed by atoms with Gasteiger partial charge in [0.2, 0.25) is 5.91 Å². The van der Waals surface area contributed by atoms with Crippen LogP contribution < -0.4 is 5.32 Å². The molecule has 1 fully saturated rings. The van der Waals surface area contributed by atoms with Crippen LogP contribution >= 0.6 is 0 Å². The summed E-state index contributed by atoms with van der Waals surface area (Å²) >= 11 is 0. The highest BCUT2D eigenvalue weighted by atomic mass is 16.5. The second-order valence-corrected chi connectivity index (χ2v) is 4.22. The van der Waals surface area contributed by atoms with Crippen molar-refractivity contribution in [2.24, 2.45) is 5.92 Å². The maximum Gasteiger partial charge on any atom is 0.325 e. The average molecular weight is 228 g/mol. The zero-order valence-corrected chi connectivity index (χ0v) is 9.99. The largest absolute Gasteiger partial charge is 0.468 e. The van der Waals surface area contributed by atoms with Crippen LogP contribution in [0.1, 0.15) is 19.3 Å². The summed E-state index contributed by atoms with van der Waals surface area (Å²) in [6.07, 6.45) is 2.56. The van der Waals surface area contributed by atoms with Crippen molar-refractivity contribution in [3.63, 3.8) is 0 Å². The number of esters is 1. The lowest BCUT2D eigenvalue weighted by atomic mass is 10.0. The fourth-order valence-corrected chi connectivity index (χ4v) is 1.83. The Morgan fingerprint density at radius 3 is 2.81 bits per heavy atom. The number of rotatable bonds is 5. The van der Waals surface area contributed by atoms with Crippen molar-refractivity contribution in [3.8, 4) is 0 Å². The number of likely N-dealkylation sites (N-methyl/N-ethyl adjacent to an activating group) is 1. The van der Waals surface area contributed by atoms with Gasteiger partial charge in [0, 0.05) is 13.5 Å². The molecule has 92 valence electrons. The first-order valence-electron chi connectivity index (χ1n) is 5.65. The number of amides is 1. The van der Waals surface area contributed by atoms with Crippen LogP contribution in [0.5, 0.6) is 0 Å². The van der Waals surface area contributed by atoms with Gasteiger partial charge in [-0.1, -0.05) is 0 Å². The summed E-state index contributed by atoms with van der Waals surface area (Å²) in [5, 5.41) is 3.27. The Morgan fingerprint density at radius 1 is 1.50 bits per heavy atom. The Kier molecular flexibility index (Phi) is 5.25. The first kappa shape index (κ1) is 13.0. The summed E-state index contributed by atoms with van der Waals surface area (Å²) in [4.78, 5) is 24.0. The molecule has 5 heteroatoms. The fourth-order valence-electron chi connectivity index (χ4n) is 1.83. The van der Waals surface area contributed by atoms with Crippen LogP contribution in [0.4, 0.5) is 0 Å². The van der Waals surface area contributed by atoms with Crippen LogP contribution in [0.3, 0.4) is 0 Å². The second-order valence-electron chi connectivity index (χ2n) is 4.22. The highest BCUT2D eigenvalue weighted by Gasteiger charge is 2.18. The number of carbonyl (C=O) groups excluding carboxylic acids is 2. The lowest BCUT2D eigenvalue weighted by Crippen LogP contribution is -2.32. The molecule has 0 aromatic heterocycles. The molecule has 16 heavy (non-hydrogen) atoms. The zero-order chi connectivity index (χ0) is 12.0. The van der Waals surface area contributed by atoms with Crippen LogP contribution in [0.25, 0.3) is 0 Å². The summed E-state index contributed by atoms with van der Waals surface area (Å²) in [7, 11) is 2.96. The van der Waals surface area contributed by atoms with Crippen molar-refractivity contribution in [1.29, 1.82) is 0 Å². The smallest absolute Gasteiger partial charge is 0.325 e. The summed E-state index contributed by atoms with van der Waals surface area (Å²) in [5.41, 5.74) is 0. The van der Waals surface area contributed by atoms with E-state index in [0.717, 1.165) is 25.9 Å². The molecule has 1 rings (SSSR count). The third kappa shape index (κ3) is 4.18. The van der Waals surface area contributed by atoms with Crippen molar-refractivity contribution in [1.82, 2.24) is 10.2 Å². The highest BCUT2D eigenvalue weighted by molar-refractivity contribution is 5.81. The van der Waals surface area contributed by atoms with Gasteiger partial charge in [0.15, 0.2) is 0 Å². The second kappa shape index (κ2) is 6.48. The third-order valence-electron chi connectivity index (χ3n) is 2.95. The Balaban J connectivity index is 2.20. The van der Waals surface area contributed by atoms with Crippen molar-refractivity contribution >= 4 is 11.9 Å². The molecule has 1 N–H and O–H groups in total. The van der Waals surface area contributed by atoms with E-state index in [0.29, 0.717) is 12.3 Å². The quantitative estimate of drug-likeness (QED) is 0.673. The molecular weight excluding hydrogens is 208 g/mol. The van der Waals surface area contributed by atoms with Crippen LogP contribution in [0.2, 0.25) is 0 Å². The number of ether oxygens (including phenoxy) is 1. The maximum absolute atomic E-state index is 11.6. The van der Waals surface area contributed by atoms with E-state index in [1.807, 2.05) is 0 Å². The summed E-state index contributed by atoms with van der Waals surface area (Å²) < 4.78 is 4.51. The summed E-state index contributed by atoms with van der Waals surface area (Å²) in [5.74, 6) is 0.242. The van der Waals surface area contributed by atoms with E-state index in [9.17, 15) is 9.59 Å². The third-order valence-corrected chi connectivity index (χ3v) is 2.95. The molecule has 0 aliphatic carbocycles. The molecule has 1 heterocycles. The van der Waals surface area contributed by atoms with E-state index in [-0.39, 0.29) is 18.4 Å². The lowest BCUT2D eigenvalue weighted by Gasteiger charge is -2.16. The van der Waals surface area contributed by atoms with Crippen molar-refractivity contribution in [2.45, 2.75) is 19.3 Å². The Morgan fingerprint density at radius 2 is 2.25 bits per heavy atom. The van der Waals surface area contributed by atoms with Gasteiger partial charge in [0.05, 0.1) is 7.11 Å². The van der Waals surface area contributed by atoms with Crippen molar-refractivity contribution in [3.05, 3.63) is 0 Å². The normalized spacial score (nSPS) is 19.5. The molecule has 0 bridgehead atoms. The molecule has 1 amide bonds. The van der Waals surface area contributed by atoms with Gasteiger partial charge < -0.3 is 15.0 Å². The number of nitrogens with one attached hydrogen (secondary N) is 1. The molecule has 0 spiro atoms. The van der Waals surface area contributed by atoms with Gasteiger partial charge in [-0.2, -0.15) is 0 Å². The van der Waals surface area contributed by atoms with E-state index >= 15 is 0 Å². The SMILES string of the molecule is COC(=O)CN(C)C(=O)CCC1CCNC1. The number of nitrogens with zero attached hydrogens (tertiary/aromatic N) is 1. The number of methoxy groups -OCH3 is 1. The molecule has 1 aliphatic heterocycles. The van der Waals surface area contributed by atoms with Crippen LogP contribution in [-0.4, -0.2) is 50.6 Å². The minimum Gasteiger partial charge on any atom is -0.468 e. The van der Waals surface area contributed by atoms with Gasteiger partial charge >= 0.3 is 5.97 Å². The van der Waals surface area contributed by atoms with Crippen LogP contribution in [-0.2, 0) is 14.3 Å². The zero-order valence-electron chi connectivity index (χ0n) is 9.99. The monoisotopic (exact) mass is 228 g/mol. The van der Waals surface area contributed by atoms with Gasteiger partial charge in [-0.15, -0.1) is 0 Å². The number of hydrogen-bond acceptors (Lipinski definition) is 4. The van der Waals surface area contributed by atoms with Crippen molar-refractivity contribution < 1.29 is 14.3 Å². The molecule has 1 unspecified atom stereocenters. The standard InChI is InChI=1S/C11H20N2O3/c1-13(8-11(15)16-2)10(14)4-3-9-5-6-12-7-9/h9,12H,3-8H2,1-2H3. The highest BCUT2D eigenvalue weighted by Crippen LogP contribution is 2.14. The summed E-state index contributed by atoms with van der Waals surface area (Å²) in [6.45, 7) is 2.10. The molecule has 0 aromatic rings. The molecular formula is C11H20N2O3. The van der Waals surface area contributed by atoms with Crippen molar-refractivity contribution in [2.75, 3.05) is 33.8 Å². The predicted octanol–water partition coefficient (Wildman–Crippen LogP) is 0.00750. The molecule has 1 saturated heterocycles. The minimum absolute atomic E-state index is 0.0114. The number of hydrogen-bond donors (Lipinski definition) is 1. The fraction of sp³-hybridized carbons (Fsp3) is 0.818. The lowest BCUT2D eigenvalue weighted by molar-refractivity contribution is -0.146. The molecule has 5 nitrogen and oxygen atoms in total. The van der Waals surface area contributed by atoms with Gasteiger partial charge in [-0.3, -0.25) is 9.59 Å². The van der Waals surface area contributed by atoms with E-state index < -0.39 is 0 Å². The molecule has 0 saturated carbocycles. The van der Waals surface area contributed by atoms with Gasteiger partial charge in [0.1, 0.15) is 6.54 Å². The van der Waals surface area contributed by atoms with E-state index in [1.165, 1.54) is 12.0 Å². The predicted molar refractivity (Wildman–Crippen MR) is 59.9 cm³/mol. The van der Waals surface area contributed by atoms with Gasteiger partial charge in [-0.25, -0.2) is 0 Å². The molecule has 1 atom stereocenters. The molecule has 0 radical (unpaired) electrons. The van der Waals surface area contributed by atoms with Gasteiger partial charge in [0.25, 0.3) is 0 Å². The van der Waals surface area contributed by atoms with E-state index in [2.05, 4.69) is 10.1 Å². The molecule has 1 aliphatic rings. The first-order chi connectivity index (χ1) is 7.63. The van der Waals surface area contributed by atoms with Gasteiger partial charge in [-0.05, 0) is 31.8 Å². The molecule has 0 aromatic carbocycles. The Labute approximate surface area is 96.1 Å². The Hall–Kier alpha value is -1.10. The summed E-state index contributed by atoms with van der Waals surface area (Å²) in [6, 6.07) is 0. The minimum atomic E-state index is -0.376. The van der Waals surface area contributed by atoms with E-state index in [1.54, 1.807) is 7.05 Å². The first-order valence-corrected chi connectivity index (χ1v) is 5.65. The average Bonchev–Trinajstić information content (AvgIpc) is 2.78. The van der Waals surface area contributed by atoms with Crippen LogP contribution in [0.15, 0.2) is 0 Å². The van der Waals surface area contributed by atoms with Crippen LogP contribution in [0, 0.1) is 5.92 Å². The topological polar surface area (TPSA) is 58.6 Å².